The van der Waals surface area contributed by atoms with E-state index >= 15 is 0 Å². The van der Waals surface area contributed by atoms with Gasteiger partial charge in [-0.25, -0.2) is 0 Å². The molecule has 0 aliphatic heterocycles. The molecule has 0 saturated carbocycles. The number of hydrogen-bond donors (Lipinski definition) is 3. The van der Waals surface area contributed by atoms with E-state index in [4.69, 9.17) is 4.74 Å². The number of nitrogens with one attached hydrogen (secondary N) is 3. The fourth-order valence-electron chi connectivity index (χ4n) is 2.72. The molecule has 1 atom stereocenters. The van der Waals surface area contributed by atoms with Gasteiger partial charge in [0.1, 0.15) is 5.75 Å². The topological polar surface area (TPSA) is 79.5 Å². The third kappa shape index (κ3) is 8.98. The van der Waals surface area contributed by atoms with Gasteiger partial charge in [-0.05, 0) is 55.8 Å². The van der Waals surface area contributed by atoms with Gasteiger partial charge in [0.05, 0.1) is 0 Å². The Hall–Kier alpha value is -2.57. The normalized spacial score (nSPS) is 11.1. The molecule has 2 aromatic carbocycles. The molecule has 3 N–H and O–H groups in total. The number of hydrogen-bond acceptors (Lipinski definition) is 4. The second kappa shape index (κ2) is 12.8. The third-order valence-corrected chi connectivity index (χ3v) is 4.27. The first-order chi connectivity index (χ1) is 13.5. The lowest BCUT2D eigenvalue weighted by atomic mass is 10.1. The summed E-state index contributed by atoms with van der Waals surface area (Å²) in [5.74, 6) is 0.434. The zero-order chi connectivity index (χ0) is 20.4. The van der Waals surface area contributed by atoms with Gasteiger partial charge in [0.15, 0.2) is 6.61 Å². The van der Waals surface area contributed by atoms with Crippen molar-refractivity contribution in [2.24, 2.45) is 5.92 Å². The van der Waals surface area contributed by atoms with E-state index in [-0.39, 0.29) is 36.7 Å². The Morgan fingerprint density at radius 1 is 1.10 bits per heavy atom. The van der Waals surface area contributed by atoms with E-state index in [2.05, 4.69) is 16.0 Å². The van der Waals surface area contributed by atoms with Crippen molar-refractivity contribution >= 4 is 29.9 Å². The fourth-order valence-corrected chi connectivity index (χ4v) is 2.72. The summed E-state index contributed by atoms with van der Waals surface area (Å²) in [5.41, 5.74) is 2.94. The molecule has 0 spiro atoms. The molecule has 7 heteroatoms. The van der Waals surface area contributed by atoms with Crippen LogP contribution in [0.3, 0.4) is 0 Å². The van der Waals surface area contributed by atoms with Gasteiger partial charge in [-0.1, -0.05) is 31.2 Å². The van der Waals surface area contributed by atoms with Crippen LogP contribution in [0.2, 0.25) is 0 Å². The maximum atomic E-state index is 12.0. The molecule has 0 aromatic heterocycles. The molecule has 6 nitrogen and oxygen atoms in total. The number of halogens is 1. The SMILES string of the molecule is CNCC(C)C(=O)NCCc1ccc(OCC(=O)Nc2cccc(C)c2)cc1.Cl. The minimum Gasteiger partial charge on any atom is -0.484 e. The van der Waals surface area contributed by atoms with E-state index in [1.54, 1.807) is 0 Å². The molecule has 0 radical (unpaired) electrons. The van der Waals surface area contributed by atoms with Crippen LogP contribution >= 0.6 is 12.4 Å². The maximum Gasteiger partial charge on any atom is 0.262 e. The number of carbonyl (C=O) groups excluding carboxylic acids is 2. The Morgan fingerprint density at radius 3 is 2.48 bits per heavy atom. The van der Waals surface area contributed by atoms with Crippen molar-refractivity contribution in [3.05, 3.63) is 59.7 Å². The largest absolute Gasteiger partial charge is 0.484 e. The van der Waals surface area contributed by atoms with Crippen LogP contribution < -0.4 is 20.7 Å². The minimum absolute atomic E-state index is 0. The van der Waals surface area contributed by atoms with Crippen LogP contribution in [0, 0.1) is 12.8 Å². The molecule has 0 bridgehead atoms. The smallest absolute Gasteiger partial charge is 0.262 e. The van der Waals surface area contributed by atoms with Gasteiger partial charge >= 0.3 is 0 Å². The number of amides is 2. The Labute approximate surface area is 178 Å². The van der Waals surface area contributed by atoms with E-state index in [1.165, 1.54) is 0 Å². The van der Waals surface area contributed by atoms with Crippen LogP contribution in [0.15, 0.2) is 48.5 Å². The van der Waals surface area contributed by atoms with E-state index in [9.17, 15) is 9.59 Å². The molecule has 0 saturated heterocycles. The van der Waals surface area contributed by atoms with Gasteiger partial charge in [0.2, 0.25) is 5.91 Å². The highest BCUT2D eigenvalue weighted by Crippen LogP contribution is 2.13. The van der Waals surface area contributed by atoms with Crippen molar-refractivity contribution in [1.82, 2.24) is 10.6 Å². The summed E-state index contributed by atoms with van der Waals surface area (Å²) in [6.45, 7) is 5.07. The fraction of sp³-hybridized carbons (Fsp3) is 0.364. The summed E-state index contributed by atoms with van der Waals surface area (Å²) in [7, 11) is 1.83. The van der Waals surface area contributed by atoms with Crippen LogP contribution in [0.5, 0.6) is 5.75 Å². The lowest BCUT2D eigenvalue weighted by molar-refractivity contribution is -0.124. The zero-order valence-corrected chi connectivity index (χ0v) is 18.0. The lowest BCUT2D eigenvalue weighted by Gasteiger charge is -2.12. The van der Waals surface area contributed by atoms with Gasteiger partial charge in [0, 0.05) is 24.7 Å². The predicted molar refractivity (Wildman–Crippen MR) is 119 cm³/mol. The highest BCUT2D eigenvalue weighted by molar-refractivity contribution is 5.91. The number of aryl methyl sites for hydroxylation is 1. The summed E-state index contributed by atoms with van der Waals surface area (Å²) < 4.78 is 5.54. The van der Waals surface area contributed by atoms with Crippen LogP contribution in [0.25, 0.3) is 0 Å². The number of anilines is 1. The maximum absolute atomic E-state index is 12.0. The summed E-state index contributed by atoms with van der Waals surface area (Å²) >= 11 is 0. The van der Waals surface area contributed by atoms with Crippen molar-refractivity contribution in [2.75, 3.05) is 32.1 Å². The van der Waals surface area contributed by atoms with Gasteiger partial charge in [-0.15, -0.1) is 12.4 Å². The van der Waals surface area contributed by atoms with Gasteiger partial charge in [0.25, 0.3) is 5.91 Å². The van der Waals surface area contributed by atoms with Crippen LogP contribution in [-0.2, 0) is 16.0 Å². The molecule has 158 valence electrons. The molecule has 0 fully saturated rings. The van der Waals surface area contributed by atoms with Gasteiger partial charge in [-0.2, -0.15) is 0 Å². The summed E-state index contributed by atoms with van der Waals surface area (Å²) in [5, 5.41) is 8.74. The Morgan fingerprint density at radius 2 is 1.83 bits per heavy atom. The molecule has 0 aliphatic carbocycles. The number of rotatable bonds is 10. The number of benzene rings is 2. The summed E-state index contributed by atoms with van der Waals surface area (Å²) in [4.78, 5) is 23.9. The van der Waals surface area contributed by atoms with E-state index in [0.717, 1.165) is 23.2 Å². The molecule has 1 unspecified atom stereocenters. The van der Waals surface area contributed by atoms with Crippen molar-refractivity contribution in [3.8, 4) is 5.75 Å². The van der Waals surface area contributed by atoms with E-state index in [1.807, 2.05) is 69.4 Å². The molecule has 29 heavy (non-hydrogen) atoms. The summed E-state index contributed by atoms with van der Waals surface area (Å²) in [6.07, 6.45) is 0.742. The lowest BCUT2D eigenvalue weighted by Crippen LogP contribution is -2.35. The van der Waals surface area contributed by atoms with Crippen LogP contribution in [-0.4, -0.2) is 38.6 Å². The highest BCUT2D eigenvalue weighted by Gasteiger charge is 2.10. The number of ether oxygens (including phenoxy) is 1. The first-order valence-electron chi connectivity index (χ1n) is 9.48. The average Bonchev–Trinajstić information content (AvgIpc) is 2.67. The Kier molecular flexibility index (Phi) is 10.8. The van der Waals surface area contributed by atoms with Crippen molar-refractivity contribution in [1.29, 1.82) is 0 Å². The van der Waals surface area contributed by atoms with E-state index in [0.29, 0.717) is 18.8 Å². The Balaban J connectivity index is 0.00000420. The summed E-state index contributed by atoms with van der Waals surface area (Å²) in [6, 6.07) is 15.2. The second-order valence-electron chi connectivity index (χ2n) is 6.85. The van der Waals surface area contributed by atoms with Gasteiger partial charge in [-0.3, -0.25) is 9.59 Å². The first kappa shape index (κ1) is 24.5. The first-order valence-corrected chi connectivity index (χ1v) is 9.48. The molecular weight excluding hydrogens is 390 g/mol. The van der Waals surface area contributed by atoms with E-state index < -0.39 is 0 Å². The van der Waals surface area contributed by atoms with Crippen molar-refractivity contribution < 1.29 is 14.3 Å². The van der Waals surface area contributed by atoms with Crippen LogP contribution in [0.4, 0.5) is 5.69 Å². The highest BCUT2D eigenvalue weighted by atomic mass is 35.5. The predicted octanol–water partition coefficient (Wildman–Crippen LogP) is 2.95. The number of carbonyl (C=O) groups is 2. The van der Waals surface area contributed by atoms with Gasteiger partial charge < -0.3 is 20.7 Å². The second-order valence-corrected chi connectivity index (χ2v) is 6.85. The van der Waals surface area contributed by atoms with Crippen LogP contribution in [0.1, 0.15) is 18.1 Å². The zero-order valence-electron chi connectivity index (χ0n) is 17.2. The molecule has 2 amide bonds. The molecule has 0 aliphatic rings. The monoisotopic (exact) mass is 419 g/mol. The quantitative estimate of drug-likeness (QED) is 0.553. The molecule has 2 aromatic rings. The van der Waals surface area contributed by atoms with Crippen molar-refractivity contribution in [3.63, 3.8) is 0 Å². The van der Waals surface area contributed by atoms with Crippen molar-refractivity contribution in [2.45, 2.75) is 20.3 Å². The third-order valence-electron chi connectivity index (χ3n) is 4.27. The average molecular weight is 420 g/mol. The molecular formula is C22H30ClN3O3. The minimum atomic E-state index is -0.201. The Bertz CT molecular complexity index is 781. The molecule has 2 rings (SSSR count). The molecule has 0 heterocycles. The standard InChI is InChI=1S/C22H29N3O3.ClH/c1-16-5-4-6-19(13-16)25-21(26)15-28-20-9-7-18(8-10-20)11-12-24-22(27)17(2)14-23-3;/h4-10,13,17,23H,11-12,14-15H2,1-3H3,(H,24,27)(H,25,26);1H.